The van der Waals surface area contributed by atoms with Gasteiger partial charge in [-0.25, -0.2) is 13.1 Å². The van der Waals surface area contributed by atoms with Crippen molar-refractivity contribution in [2.45, 2.75) is 63.1 Å². The Kier molecular flexibility index (Phi) is 4.65. The molecule has 1 aromatic heterocycles. The molecule has 1 heterocycles. The molecule has 0 spiro atoms. The van der Waals surface area contributed by atoms with Crippen LogP contribution in [0.15, 0.2) is 17.2 Å². The molecular weight excluding hydrogens is 262 g/mol. The fourth-order valence-corrected chi connectivity index (χ4v) is 3.64. The Morgan fingerprint density at radius 3 is 2.68 bits per heavy atom. The van der Waals surface area contributed by atoms with E-state index in [-0.39, 0.29) is 6.04 Å². The summed E-state index contributed by atoms with van der Waals surface area (Å²) in [6.07, 6.45) is 5.69. The zero-order valence-corrected chi connectivity index (χ0v) is 12.4. The van der Waals surface area contributed by atoms with Gasteiger partial charge in [-0.05, 0) is 18.9 Å². The maximum Gasteiger partial charge on any atom is 0.242 e. The molecule has 0 aromatic carbocycles. The van der Waals surface area contributed by atoms with Crippen LogP contribution in [0.3, 0.4) is 0 Å². The number of hydrogen-bond donors (Lipinski definition) is 3. The molecule has 1 saturated carbocycles. The van der Waals surface area contributed by atoms with Crippen molar-refractivity contribution in [2.75, 3.05) is 0 Å². The zero-order chi connectivity index (χ0) is 13.9. The van der Waals surface area contributed by atoms with Crippen LogP contribution in [0.5, 0.6) is 0 Å². The van der Waals surface area contributed by atoms with E-state index in [1.807, 2.05) is 0 Å². The molecule has 0 bridgehead atoms. The van der Waals surface area contributed by atoms with E-state index in [4.69, 9.17) is 0 Å². The number of rotatable bonds is 6. The van der Waals surface area contributed by atoms with Gasteiger partial charge in [0.05, 0.1) is 4.90 Å². The molecule has 3 N–H and O–H groups in total. The maximum atomic E-state index is 12.2. The molecule has 0 aliphatic heterocycles. The first kappa shape index (κ1) is 14.6. The fourth-order valence-electron chi connectivity index (χ4n) is 2.32. The molecule has 0 radical (unpaired) electrons. The van der Waals surface area contributed by atoms with Gasteiger partial charge < -0.3 is 10.3 Å². The van der Waals surface area contributed by atoms with Crippen LogP contribution in [-0.4, -0.2) is 25.5 Å². The lowest BCUT2D eigenvalue weighted by Gasteiger charge is -2.11. The highest BCUT2D eigenvalue weighted by atomic mass is 32.2. The minimum atomic E-state index is -3.37. The highest BCUT2D eigenvalue weighted by Gasteiger charge is 2.23. The number of aromatic nitrogens is 1. The Morgan fingerprint density at radius 1 is 1.37 bits per heavy atom. The van der Waals surface area contributed by atoms with E-state index in [0.717, 1.165) is 31.4 Å². The second kappa shape index (κ2) is 6.07. The summed E-state index contributed by atoms with van der Waals surface area (Å²) in [5.74, 6) is 0. The molecule has 108 valence electrons. The van der Waals surface area contributed by atoms with Gasteiger partial charge in [0.25, 0.3) is 0 Å². The summed E-state index contributed by atoms with van der Waals surface area (Å²) in [5.41, 5.74) is 0.889. The molecule has 0 unspecified atom stereocenters. The molecule has 1 aromatic rings. The van der Waals surface area contributed by atoms with Crippen LogP contribution in [-0.2, 0) is 16.6 Å². The van der Waals surface area contributed by atoms with Gasteiger partial charge in [-0.1, -0.05) is 26.7 Å². The minimum absolute atomic E-state index is 0.108. The van der Waals surface area contributed by atoms with Gasteiger partial charge in [0, 0.05) is 30.5 Å². The second-order valence-corrected chi connectivity index (χ2v) is 7.21. The Labute approximate surface area is 115 Å². The van der Waals surface area contributed by atoms with E-state index in [2.05, 4.69) is 28.9 Å². The van der Waals surface area contributed by atoms with Crippen molar-refractivity contribution >= 4 is 10.0 Å². The first-order valence-electron chi connectivity index (χ1n) is 6.90. The topological polar surface area (TPSA) is 74.0 Å². The van der Waals surface area contributed by atoms with Crippen molar-refractivity contribution in [2.24, 2.45) is 0 Å². The SMILES string of the molecule is CC(C)NCc1cc(S(=O)(=O)NC2CCCC2)c[nH]1. The molecule has 19 heavy (non-hydrogen) atoms. The molecule has 0 saturated heterocycles. The third-order valence-electron chi connectivity index (χ3n) is 3.40. The largest absolute Gasteiger partial charge is 0.363 e. The number of hydrogen-bond acceptors (Lipinski definition) is 3. The molecule has 6 heteroatoms. The lowest BCUT2D eigenvalue weighted by molar-refractivity contribution is 0.552. The lowest BCUT2D eigenvalue weighted by Crippen LogP contribution is -2.32. The number of H-pyrrole nitrogens is 1. The summed E-state index contributed by atoms with van der Waals surface area (Å²) in [7, 11) is -3.37. The highest BCUT2D eigenvalue weighted by molar-refractivity contribution is 7.89. The van der Waals surface area contributed by atoms with Gasteiger partial charge in [-0.15, -0.1) is 0 Å². The van der Waals surface area contributed by atoms with E-state index in [1.54, 1.807) is 12.3 Å². The Balaban J connectivity index is 1.99. The monoisotopic (exact) mass is 285 g/mol. The third kappa shape index (κ3) is 4.06. The Bertz CT molecular complexity index is 502. The summed E-state index contributed by atoms with van der Waals surface area (Å²) in [6, 6.07) is 2.18. The molecule has 1 aliphatic carbocycles. The van der Waals surface area contributed by atoms with Crippen LogP contribution in [0.25, 0.3) is 0 Å². The predicted octanol–water partition coefficient (Wildman–Crippen LogP) is 1.73. The van der Waals surface area contributed by atoms with E-state index in [9.17, 15) is 8.42 Å². The van der Waals surface area contributed by atoms with Crippen LogP contribution in [0.4, 0.5) is 0 Å². The third-order valence-corrected chi connectivity index (χ3v) is 4.90. The number of aromatic amines is 1. The van der Waals surface area contributed by atoms with E-state index < -0.39 is 10.0 Å². The van der Waals surface area contributed by atoms with Gasteiger partial charge in [0.2, 0.25) is 10.0 Å². The summed E-state index contributed by atoms with van der Waals surface area (Å²) >= 11 is 0. The zero-order valence-electron chi connectivity index (χ0n) is 11.6. The molecule has 0 amide bonds. The number of nitrogens with one attached hydrogen (secondary N) is 3. The summed E-state index contributed by atoms with van der Waals surface area (Å²) < 4.78 is 27.2. The van der Waals surface area contributed by atoms with Gasteiger partial charge in [-0.2, -0.15) is 0 Å². The van der Waals surface area contributed by atoms with E-state index >= 15 is 0 Å². The quantitative estimate of drug-likeness (QED) is 0.745. The van der Waals surface area contributed by atoms with Crippen molar-refractivity contribution in [1.29, 1.82) is 0 Å². The Morgan fingerprint density at radius 2 is 2.05 bits per heavy atom. The Hall–Kier alpha value is -0.850. The summed E-state index contributed by atoms with van der Waals surface area (Å²) in [5, 5.41) is 3.25. The van der Waals surface area contributed by atoms with Gasteiger partial charge in [0.1, 0.15) is 0 Å². The standard InChI is InChI=1S/C13H23N3O2S/c1-10(2)14-8-12-7-13(9-15-12)19(17,18)16-11-5-3-4-6-11/h7,9-11,14-16H,3-6,8H2,1-2H3. The molecule has 1 fully saturated rings. The molecule has 2 rings (SSSR count). The molecule has 0 atom stereocenters. The fraction of sp³-hybridized carbons (Fsp3) is 0.692. The van der Waals surface area contributed by atoms with E-state index in [1.165, 1.54) is 0 Å². The van der Waals surface area contributed by atoms with Crippen LogP contribution < -0.4 is 10.0 Å². The maximum absolute atomic E-state index is 12.2. The predicted molar refractivity (Wildman–Crippen MR) is 75.3 cm³/mol. The van der Waals surface area contributed by atoms with Gasteiger partial charge in [-0.3, -0.25) is 0 Å². The normalized spacial score (nSPS) is 17.4. The second-order valence-electron chi connectivity index (χ2n) is 5.50. The number of sulfonamides is 1. The van der Waals surface area contributed by atoms with Crippen LogP contribution >= 0.6 is 0 Å². The molecule has 1 aliphatic rings. The van der Waals surface area contributed by atoms with Crippen LogP contribution in [0.2, 0.25) is 0 Å². The first-order chi connectivity index (χ1) is 8.97. The van der Waals surface area contributed by atoms with Crippen LogP contribution in [0, 0.1) is 0 Å². The average Bonchev–Trinajstić information content (AvgIpc) is 2.96. The summed E-state index contributed by atoms with van der Waals surface area (Å²) in [6.45, 7) is 4.76. The van der Waals surface area contributed by atoms with Crippen molar-refractivity contribution < 1.29 is 8.42 Å². The smallest absolute Gasteiger partial charge is 0.242 e. The van der Waals surface area contributed by atoms with Crippen LogP contribution in [0.1, 0.15) is 45.2 Å². The van der Waals surface area contributed by atoms with E-state index in [0.29, 0.717) is 17.5 Å². The minimum Gasteiger partial charge on any atom is -0.363 e. The first-order valence-corrected chi connectivity index (χ1v) is 8.39. The van der Waals surface area contributed by atoms with Crippen molar-refractivity contribution in [3.63, 3.8) is 0 Å². The van der Waals surface area contributed by atoms with Gasteiger partial charge >= 0.3 is 0 Å². The molecular formula is C13H23N3O2S. The van der Waals surface area contributed by atoms with Gasteiger partial charge in [0.15, 0.2) is 0 Å². The average molecular weight is 285 g/mol. The highest BCUT2D eigenvalue weighted by Crippen LogP contribution is 2.20. The van der Waals surface area contributed by atoms with Crippen molar-refractivity contribution in [1.82, 2.24) is 15.0 Å². The lowest BCUT2D eigenvalue weighted by atomic mass is 10.3. The van der Waals surface area contributed by atoms with Crippen molar-refractivity contribution in [3.05, 3.63) is 18.0 Å². The summed E-state index contributed by atoms with van der Waals surface area (Å²) in [4.78, 5) is 3.34. The van der Waals surface area contributed by atoms with Crippen molar-refractivity contribution in [3.8, 4) is 0 Å². The molecule has 5 nitrogen and oxygen atoms in total.